The number of hydrogen-bond donors (Lipinski definition) is 1. The molecule has 0 amide bonds. The maximum absolute atomic E-state index is 5.42. The van der Waals surface area contributed by atoms with E-state index in [2.05, 4.69) is 84.5 Å². The summed E-state index contributed by atoms with van der Waals surface area (Å²) in [7, 11) is 1.71. The molecule has 2 unspecified atom stereocenters. The second-order valence-electron chi connectivity index (χ2n) is 6.78. The summed E-state index contributed by atoms with van der Waals surface area (Å²) >= 11 is 1.96. The minimum Gasteiger partial charge on any atom is -0.497 e. The van der Waals surface area contributed by atoms with E-state index in [0.717, 1.165) is 23.6 Å². The van der Waals surface area contributed by atoms with Gasteiger partial charge in [0.1, 0.15) is 10.6 Å². The van der Waals surface area contributed by atoms with Gasteiger partial charge in [-0.3, -0.25) is 0 Å². The molecule has 3 aromatic carbocycles. The van der Waals surface area contributed by atoms with E-state index in [1.807, 2.05) is 23.9 Å². The van der Waals surface area contributed by atoms with Gasteiger partial charge in [0, 0.05) is 18.2 Å². The van der Waals surface area contributed by atoms with Crippen molar-refractivity contribution in [1.29, 1.82) is 0 Å². The summed E-state index contributed by atoms with van der Waals surface area (Å²) in [4.78, 5) is -0.271. The van der Waals surface area contributed by atoms with Gasteiger partial charge in [-0.2, -0.15) is 0 Å². The Balaban J connectivity index is 1.70. The first-order valence-electron chi connectivity index (χ1n) is 9.32. The third-order valence-electron chi connectivity index (χ3n) is 5.02. The lowest BCUT2D eigenvalue weighted by Crippen LogP contribution is -2.38. The van der Waals surface area contributed by atoms with Crippen molar-refractivity contribution in [3.05, 3.63) is 102 Å². The Labute approximate surface area is 166 Å². The van der Waals surface area contributed by atoms with Gasteiger partial charge >= 0.3 is 0 Å². The van der Waals surface area contributed by atoms with Crippen molar-refractivity contribution in [3.8, 4) is 5.75 Å². The number of nitrogens with one attached hydrogen (secondary N) is 1. The van der Waals surface area contributed by atoms with Crippen LogP contribution in [0, 0.1) is 6.42 Å². The van der Waals surface area contributed by atoms with Crippen molar-refractivity contribution in [2.45, 2.75) is 17.2 Å². The lowest BCUT2D eigenvalue weighted by Gasteiger charge is -2.42. The molecule has 1 radical (unpaired) electrons. The van der Waals surface area contributed by atoms with Crippen LogP contribution in [0.1, 0.15) is 23.5 Å². The van der Waals surface area contributed by atoms with Gasteiger partial charge in [-0.05, 0) is 41.4 Å². The standard InChI is InChI=1S/C24H24NOS/c1-26-23-14-8-13-22(17-23)25-24(21-11-6-3-7-12-21)18-20(15-16-27-24)19-9-4-2-5-10-19/h2-14,17-18,20,25H,15-16H2,1H3. The van der Waals surface area contributed by atoms with Crippen LogP contribution in [-0.2, 0) is 4.87 Å². The molecule has 0 aromatic heterocycles. The first kappa shape index (κ1) is 18.0. The Kier molecular flexibility index (Phi) is 5.40. The van der Waals surface area contributed by atoms with E-state index in [-0.39, 0.29) is 4.87 Å². The summed E-state index contributed by atoms with van der Waals surface area (Å²) in [5.41, 5.74) is 3.72. The molecule has 0 bridgehead atoms. The van der Waals surface area contributed by atoms with Crippen LogP contribution in [-0.4, -0.2) is 12.9 Å². The molecule has 27 heavy (non-hydrogen) atoms. The van der Waals surface area contributed by atoms with Gasteiger partial charge in [-0.1, -0.05) is 66.7 Å². The van der Waals surface area contributed by atoms with Crippen LogP contribution >= 0.6 is 11.8 Å². The smallest absolute Gasteiger partial charge is 0.120 e. The highest BCUT2D eigenvalue weighted by atomic mass is 32.2. The Morgan fingerprint density at radius 1 is 0.926 bits per heavy atom. The number of rotatable bonds is 5. The molecule has 1 N–H and O–H groups in total. The molecular weight excluding hydrogens is 350 g/mol. The van der Waals surface area contributed by atoms with Gasteiger partial charge in [0.25, 0.3) is 0 Å². The van der Waals surface area contributed by atoms with Crippen LogP contribution in [0.5, 0.6) is 5.75 Å². The second kappa shape index (κ2) is 8.10. The maximum Gasteiger partial charge on any atom is 0.120 e. The number of thioether (sulfide) groups is 1. The van der Waals surface area contributed by atoms with Crippen LogP contribution in [0.3, 0.4) is 0 Å². The topological polar surface area (TPSA) is 21.3 Å². The number of anilines is 1. The van der Waals surface area contributed by atoms with Gasteiger partial charge in [0.15, 0.2) is 0 Å². The zero-order valence-electron chi connectivity index (χ0n) is 15.5. The van der Waals surface area contributed by atoms with Crippen molar-refractivity contribution in [2.24, 2.45) is 0 Å². The van der Waals surface area contributed by atoms with E-state index < -0.39 is 0 Å². The third kappa shape index (κ3) is 3.98. The fourth-order valence-corrected chi connectivity index (χ4v) is 5.10. The fourth-order valence-electron chi connectivity index (χ4n) is 3.66. The predicted octanol–water partition coefficient (Wildman–Crippen LogP) is 6.09. The van der Waals surface area contributed by atoms with E-state index in [1.54, 1.807) is 7.11 Å². The quantitative estimate of drug-likeness (QED) is 0.584. The van der Waals surface area contributed by atoms with Crippen molar-refractivity contribution in [3.63, 3.8) is 0 Å². The minimum absolute atomic E-state index is 0.271. The lowest BCUT2D eigenvalue weighted by molar-refractivity contribution is 0.415. The summed E-state index contributed by atoms with van der Waals surface area (Å²) in [5, 5.41) is 3.81. The van der Waals surface area contributed by atoms with Crippen molar-refractivity contribution in [2.75, 3.05) is 18.2 Å². The Morgan fingerprint density at radius 3 is 2.41 bits per heavy atom. The summed E-state index contributed by atoms with van der Waals surface area (Å²) in [6.45, 7) is 0. The molecule has 1 fully saturated rings. The summed E-state index contributed by atoms with van der Waals surface area (Å²) < 4.78 is 5.42. The van der Waals surface area contributed by atoms with Crippen LogP contribution in [0.2, 0.25) is 0 Å². The summed E-state index contributed by atoms with van der Waals surface area (Å²) in [5.74, 6) is 2.39. The number of ether oxygens (including phenoxy) is 1. The van der Waals surface area contributed by atoms with E-state index in [9.17, 15) is 0 Å². The van der Waals surface area contributed by atoms with Gasteiger partial charge in [0.05, 0.1) is 7.11 Å². The van der Waals surface area contributed by atoms with Crippen LogP contribution < -0.4 is 10.1 Å². The molecule has 1 heterocycles. The monoisotopic (exact) mass is 374 g/mol. The minimum atomic E-state index is -0.271. The van der Waals surface area contributed by atoms with Gasteiger partial charge < -0.3 is 10.1 Å². The molecule has 2 atom stereocenters. The molecule has 0 saturated carbocycles. The zero-order valence-corrected chi connectivity index (χ0v) is 16.3. The second-order valence-corrected chi connectivity index (χ2v) is 8.12. The average Bonchev–Trinajstić information content (AvgIpc) is 2.75. The Morgan fingerprint density at radius 2 is 1.67 bits per heavy atom. The maximum atomic E-state index is 5.42. The van der Waals surface area contributed by atoms with E-state index in [1.165, 1.54) is 11.1 Å². The molecule has 4 rings (SSSR count). The van der Waals surface area contributed by atoms with E-state index in [0.29, 0.717) is 5.92 Å². The highest BCUT2D eigenvalue weighted by Gasteiger charge is 2.39. The molecular formula is C24H24NOS. The average molecular weight is 375 g/mol. The molecule has 1 saturated heterocycles. The number of methoxy groups -OCH3 is 1. The zero-order chi connectivity index (χ0) is 18.5. The third-order valence-corrected chi connectivity index (χ3v) is 6.39. The largest absolute Gasteiger partial charge is 0.497 e. The van der Waals surface area contributed by atoms with Gasteiger partial charge in [0.2, 0.25) is 0 Å². The van der Waals surface area contributed by atoms with Crippen molar-refractivity contribution < 1.29 is 4.74 Å². The first-order valence-corrected chi connectivity index (χ1v) is 10.3. The molecule has 1 aliphatic heterocycles. The molecule has 3 aromatic rings. The SMILES string of the molecule is COc1cccc(NC2(c3ccccc3)[CH]C(c3ccccc3)CCS2)c1. The van der Waals surface area contributed by atoms with E-state index >= 15 is 0 Å². The van der Waals surface area contributed by atoms with Crippen LogP contribution in [0.4, 0.5) is 5.69 Å². The highest BCUT2D eigenvalue weighted by Crippen LogP contribution is 2.49. The molecule has 3 heteroatoms. The first-order chi connectivity index (χ1) is 13.3. The summed E-state index contributed by atoms with van der Waals surface area (Å²) in [6.07, 6.45) is 3.63. The van der Waals surface area contributed by atoms with E-state index in [4.69, 9.17) is 4.74 Å². The molecule has 1 aliphatic rings. The Hall–Kier alpha value is -2.39. The Bertz CT molecular complexity index is 868. The van der Waals surface area contributed by atoms with Crippen LogP contribution in [0.25, 0.3) is 0 Å². The van der Waals surface area contributed by atoms with Crippen molar-refractivity contribution in [1.82, 2.24) is 0 Å². The van der Waals surface area contributed by atoms with Crippen molar-refractivity contribution >= 4 is 17.4 Å². The van der Waals surface area contributed by atoms with Gasteiger partial charge in [-0.25, -0.2) is 0 Å². The summed E-state index contributed by atoms with van der Waals surface area (Å²) in [6, 6.07) is 29.7. The molecule has 0 aliphatic carbocycles. The number of hydrogen-bond acceptors (Lipinski definition) is 3. The lowest BCUT2D eigenvalue weighted by atomic mass is 9.86. The highest BCUT2D eigenvalue weighted by molar-refractivity contribution is 8.00. The van der Waals surface area contributed by atoms with Crippen LogP contribution in [0.15, 0.2) is 84.9 Å². The fraction of sp³-hybridized carbons (Fsp3) is 0.208. The number of benzene rings is 3. The molecule has 0 spiro atoms. The predicted molar refractivity (Wildman–Crippen MR) is 115 cm³/mol. The normalized spacial score (nSPS) is 22.2. The van der Waals surface area contributed by atoms with Gasteiger partial charge in [-0.15, -0.1) is 11.8 Å². The molecule has 2 nitrogen and oxygen atoms in total. The molecule has 137 valence electrons.